The first-order valence-corrected chi connectivity index (χ1v) is 7.60. The molecule has 0 radical (unpaired) electrons. The van der Waals surface area contributed by atoms with Gasteiger partial charge in [0.1, 0.15) is 0 Å². The van der Waals surface area contributed by atoms with E-state index in [9.17, 15) is 4.79 Å². The zero-order valence-corrected chi connectivity index (χ0v) is 13.9. The largest absolute Gasteiger partial charge is 0.352 e. The highest BCUT2D eigenvalue weighted by atomic mass is 35.5. The van der Waals surface area contributed by atoms with Crippen molar-refractivity contribution in [1.82, 2.24) is 5.32 Å². The molecule has 0 aliphatic heterocycles. The minimum Gasteiger partial charge on any atom is -0.352 e. The van der Waals surface area contributed by atoms with E-state index in [1.807, 2.05) is 0 Å². The van der Waals surface area contributed by atoms with E-state index in [-0.39, 0.29) is 11.3 Å². The predicted molar refractivity (Wildman–Crippen MR) is 86.2 cm³/mol. The molecule has 20 heavy (non-hydrogen) atoms. The lowest BCUT2D eigenvalue weighted by molar-refractivity contribution is 0.0936. The minimum atomic E-state index is -0.0266. The van der Waals surface area contributed by atoms with Gasteiger partial charge in [-0.25, -0.2) is 0 Å². The molecule has 0 heterocycles. The molecule has 0 fully saturated rings. The molecule has 2 nitrogen and oxygen atoms in total. The van der Waals surface area contributed by atoms with Crippen molar-refractivity contribution in [2.24, 2.45) is 17.3 Å². The normalized spacial score (nSPS) is 13.3. The number of carbonyl (C=O) groups is 1. The molecule has 0 bridgehead atoms. The van der Waals surface area contributed by atoms with E-state index in [1.54, 1.807) is 24.3 Å². The maximum Gasteiger partial charge on any atom is 0.251 e. The first-order chi connectivity index (χ1) is 9.19. The van der Waals surface area contributed by atoms with Gasteiger partial charge in [0.25, 0.3) is 5.91 Å². The van der Waals surface area contributed by atoms with E-state index in [4.69, 9.17) is 11.6 Å². The zero-order chi connectivity index (χ0) is 15.3. The smallest absolute Gasteiger partial charge is 0.251 e. The molecule has 1 rings (SSSR count). The SMILES string of the molecule is CC(C)C(CNC(=O)c1ccc(Cl)cc1)CC(C)(C)C. The standard InChI is InChI=1S/C17H26ClNO/c1-12(2)14(10-17(3,4)5)11-19-16(20)13-6-8-15(18)9-7-13/h6-9,12,14H,10-11H2,1-5H3,(H,19,20). The fourth-order valence-corrected chi connectivity index (χ4v) is 2.38. The van der Waals surface area contributed by atoms with Gasteiger partial charge in [-0.3, -0.25) is 4.79 Å². The van der Waals surface area contributed by atoms with Crippen LogP contribution < -0.4 is 5.32 Å². The van der Waals surface area contributed by atoms with E-state index in [2.05, 4.69) is 39.9 Å². The molecule has 1 atom stereocenters. The van der Waals surface area contributed by atoms with Gasteiger partial charge in [0, 0.05) is 17.1 Å². The van der Waals surface area contributed by atoms with Gasteiger partial charge in [-0.05, 0) is 47.9 Å². The van der Waals surface area contributed by atoms with Gasteiger partial charge in [-0.1, -0.05) is 46.2 Å². The van der Waals surface area contributed by atoms with Crippen molar-refractivity contribution in [1.29, 1.82) is 0 Å². The molecule has 1 N–H and O–H groups in total. The van der Waals surface area contributed by atoms with Crippen molar-refractivity contribution in [2.75, 3.05) is 6.54 Å². The van der Waals surface area contributed by atoms with Crippen molar-refractivity contribution in [2.45, 2.75) is 41.0 Å². The summed E-state index contributed by atoms with van der Waals surface area (Å²) in [6.07, 6.45) is 1.10. The molecular formula is C17H26ClNO. The monoisotopic (exact) mass is 295 g/mol. The summed E-state index contributed by atoms with van der Waals surface area (Å²) in [5.41, 5.74) is 0.938. The fourth-order valence-electron chi connectivity index (χ4n) is 2.26. The van der Waals surface area contributed by atoms with Crippen LogP contribution in [-0.2, 0) is 0 Å². The van der Waals surface area contributed by atoms with E-state index in [0.29, 0.717) is 22.4 Å². The highest BCUT2D eigenvalue weighted by molar-refractivity contribution is 6.30. The Kier molecular flexibility index (Phi) is 6.07. The molecule has 3 heteroatoms. The molecule has 1 aromatic rings. The second-order valence-corrected chi connectivity index (χ2v) is 7.42. The Morgan fingerprint density at radius 3 is 2.20 bits per heavy atom. The lowest BCUT2D eigenvalue weighted by Gasteiger charge is -2.29. The van der Waals surface area contributed by atoms with Crippen molar-refractivity contribution in [3.63, 3.8) is 0 Å². The average molecular weight is 296 g/mol. The molecule has 0 aliphatic carbocycles. The predicted octanol–water partition coefficient (Wildman–Crippen LogP) is 4.78. The second-order valence-electron chi connectivity index (χ2n) is 6.99. The van der Waals surface area contributed by atoms with Crippen LogP contribution >= 0.6 is 11.6 Å². The van der Waals surface area contributed by atoms with Crippen LogP contribution in [0.15, 0.2) is 24.3 Å². The fraction of sp³-hybridized carbons (Fsp3) is 0.588. The third kappa shape index (κ3) is 5.96. The number of benzene rings is 1. The summed E-state index contributed by atoms with van der Waals surface area (Å²) >= 11 is 5.83. The Morgan fingerprint density at radius 1 is 1.20 bits per heavy atom. The third-order valence-corrected chi connectivity index (χ3v) is 3.70. The molecule has 1 aromatic carbocycles. The Labute approximate surface area is 127 Å². The lowest BCUT2D eigenvalue weighted by Crippen LogP contribution is -2.33. The molecular weight excluding hydrogens is 270 g/mol. The molecule has 0 spiro atoms. The van der Waals surface area contributed by atoms with Gasteiger partial charge in [0.15, 0.2) is 0 Å². The van der Waals surface area contributed by atoms with Crippen LogP contribution in [0.1, 0.15) is 51.4 Å². The Balaban J connectivity index is 2.59. The Bertz CT molecular complexity index is 431. The van der Waals surface area contributed by atoms with Gasteiger partial charge in [-0.15, -0.1) is 0 Å². The van der Waals surface area contributed by atoms with Gasteiger partial charge in [-0.2, -0.15) is 0 Å². The number of halogens is 1. The number of amides is 1. The Hall–Kier alpha value is -1.02. The van der Waals surface area contributed by atoms with Crippen molar-refractivity contribution >= 4 is 17.5 Å². The quantitative estimate of drug-likeness (QED) is 0.832. The molecule has 1 unspecified atom stereocenters. The van der Waals surface area contributed by atoms with Crippen LogP contribution in [0.4, 0.5) is 0 Å². The maximum atomic E-state index is 12.1. The number of nitrogens with one attached hydrogen (secondary N) is 1. The molecule has 0 saturated heterocycles. The summed E-state index contributed by atoms with van der Waals surface area (Å²) < 4.78 is 0. The van der Waals surface area contributed by atoms with Crippen molar-refractivity contribution in [3.8, 4) is 0 Å². The molecule has 1 amide bonds. The van der Waals surface area contributed by atoms with E-state index in [1.165, 1.54) is 0 Å². The molecule has 112 valence electrons. The number of hydrogen-bond acceptors (Lipinski definition) is 1. The Morgan fingerprint density at radius 2 is 1.75 bits per heavy atom. The molecule has 0 aliphatic rings. The first-order valence-electron chi connectivity index (χ1n) is 7.23. The average Bonchev–Trinajstić information content (AvgIpc) is 2.33. The summed E-state index contributed by atoms with van der Waals surface area (Å²) in [4.78, 5) is 12.1. The molecule has 0 saturated carbocycles. The maximum absolute atomic E-state index is 12.1. The summed E-state index contributed by atoms with van der Waals surface area (Å²) in [5.74, 6) is 1.02. The number of rotatable bonds is 5. The lowest BCUT2D eigenvalue weighted by atomic mass is 9.79. The van der Waals surface area contributed by atoms with Gasteiger partial charge < -0.3 is 5.32 Å². The van der Waals surface area contributed by atoms with Gasteiger partial charge >= 0.3 is 0 Å². The van der Waals surface area contributed by atoms with Crippen LogP contribution in [0.3, 0.4) is 0 Å². The minimum absolute atomic E-state index is 0.0266. The highest BCUT2D eigenvalue weighted by Crippen LogP contribution is 2.28. The molecule has 0 aromatic heterocycles. The van der Waals surface area contributed by atoms with Crippen LogP contribution in [-0.4, -0.2) is 12.5 Å². The van der Waals surface area contributed by atoms with E-state index < -0.39 is 0 Å². The number of hydrogen-bond donors (Lipinski definition) is 1. The summed E-state index contributed by atoms with van der Waals surface area (Å²) in [6, 6.07) is 6.99. The summed E-state index contributed by atoms with van der Waals surface area (Å²) in [6.45, 7) is 11.9. The topological polar surface area (TPSA) is 29.1 Å². The third-order valence-electron chi connectivity index (χ3n) is 3.45. The van der Waals surface area contributed by atoms with Crippen LogP contribution in [0, 0.1) is 17.3 Å². The van der Waals surface area contributed by atoms with Crippen LogP contribution in [0.5, 0.6) is 0 Å². The van der Waals surface area contributed by atoms with Crippen LogP contribution in [0.2, 0.25) is 5.02 Å². The van der Waals surface area contributed by atoms with E-state index >= 15 is 0 Å². The summed E-state index contributed by atoms with van der Waals surface area (Å²) in [5, 5.41) is 3.69. The van der Waals surface area contributed by atoms with Gasteiger partial charge in [0.2, 0.25) is 0 Å². The van der Waals surface area contributed by atoms with Gasteiger partial charge in [0.05, 0.1) is 0 Å². The highest BCUT2D eigenvalue weighted by Gasteiger charge is 2.22. The van der Waals surface area contributed by atoms with Crippen molar-refractivity contribution < 1.29 is 4.79 Å². The second kappa shape index (κ2) is 7.12. The van der Waals surface area contributed by atoms with Crippen LogP contribution in [0.25, 0.3) is 0 Å². The first kappa shape index (κ1) is 17.0. The summed E-state index contributed by atoms with van der Waals surface area (Å²) in [7, 11) is 0. The van der Waals surface area contributed by atoms with Crippen molar-refractivity contribution in [3.05, 3.63) is 34.9 Å². The zero-order valence-electron chi connectivity index (χ0n) is 13.2. The number of carbonyl (C=O) groups excluding carboxylic acids is 1. The van der Waals surface area contributed by atoms with E-state index in [0.717, 1.165) is 13.0 Å².